The normalized spacial score (nSPS) is 29.7. The fourth-order valence-corrected chi connectivity index (χ4v) is 2.76. The van der Waals surface area contributed by atoms with Crippen LogP contribution >= 0.6 is 0 Å². The molecule has 1 unspecified atom stereocenters. The number of hydrogen-bond acceptors (Lipinski definition) is 5. The molecule has 1 saturated heterocycles. The monoisotopic (exact) mass is 329 g/mol. The first-order chi connectivity index (χ1) is 10.8. The highest BCUT2D eigenvalue weighted by Crippen LogP contribution is 2.44. The Morgan fingerprint density at radius 3 is 2.87 bits per heavy atom. The first kappa shape index (κ1) is 15.9. The van der Waals surface area contributed by atoms with Crippen LogP contribution in [0.3, 0.4) is 0 Å². The summed E-state index contributed by atoms with van der Waals surface area (Å²) < 4.78 is 53.2. The number of aliphatic imine (C=N–C) groups is 1. The predicted octanol–water partition coefficient (Wildman–Crippen LogP) is 2.22. The first-order valence-electron chi connectivity index (χ1n) is 7.33. The molecule has 0 spiro atoms. The quantitative estimate of drug-likeness (QED) is 0.892. The van der Waals surface area contributed by atoms with Gasteiger partial charge in [0, 0.05) is 17.9 Å². The van der Waals surface area contributed by atoms with Crippen molar-refractivity contribution in [3.63, 3.8) is 0 Å². The molecule has 5 nitrogen and oxygen atoms in total. The van der Waals surface area contributed by atoms with Gasteiger partial charge in [0.2, 0.25) is 5.60 Å². The van der Waals surface area contributed by atoms with Gasteiger partial charge < -0.3 is 20.5 Å². The molecular formula is C15H18F3N3O2. The number of nitrogens with zero attached hydrogens (tertiary/aromatic N) is 1. The van der Waals surface area contributed by atoms with Crippen LogP contribution in [-0.2, 0) is 15.1 Å². The summed E-state index contributed by atoms with van der Waals surface area (Å²) in [5.41, 5.74) is 3.48. The lowest BCUT2D eigenvalue weighted by molar-refractivity contribution is -0.173. The Morgan fingerprint density at radius 1 is 1.39 bits per heavy atom. The van der Waals surface area contributed by atoms with Crippen LogP contribution in [0.2, 0.25) is 0 Å². The summed E-state index contributed by atoms with van der Waals surface area (Å²) in [6.07, 6.45) is 0.802. The predicted molar refractivity (Wildman–Crippen MR) is 79.1 cm³/mol. The molecule has 0 aromatic heterocycles. The molecule has 3 rings (SSSR count). The van der Waals surface area contributed by atoms with Crippen LogP contribution in [0.15, 0.2) is 23.2 Å². The summed E-state index contributed by atoms with van der Waals surface area (Å²) >= 11 is 0. The number of hydrogen-bond donors (Lipinski definition) is 2. The smallest absolute Gasteiger partial charge is 0.310 e. The van der Waals surface area contributed by atoms with Crippen molar-refractivity contribution >= 4 is 11.7 Å². The van der Waals surface area contributed by atoms with E-state index >= 15 is 0 Å². The Bertz CT molecular complexity index is 632. The molecule has 2 aliphatic heterocycles. The Balaban J connectivity index is 1.95. The van der Waals surface area contributed by atoms with Gasteiger partial charge in [-0.1, -0.05) is 0 Å². The molecule has 2 atom stereocenters. The number of nitrogens with one attached hydrogen (secondary N) is 1. The zero-order chi connectivity index (χ0) is 16.7. The van der Waals surface area contributed by atoms with Crippen molar-refractivity contribution in [3.05, 3.63) is 29.6 Å². The fourth-order valence-electron chi connectivity index (χ4n) is 2.76. The molecule has 2 heterocycles. The maximum atomic E-state index is 14.3. The van der Waals surface area contributed by atoms with Gasteiger partial charge in [0.25, 0.3) is 6.02 Å². The topological polar surface area (TPSA) is 68.9 Å². The molecule has 1 aromatic carbocycles. The number of anilines is 1. The van der Waals surface area contributed by atoms with Crippen LogP contribution in [0.1, 0.15) is 18.9 Å². The van der Waals surface area contributed by atoms with Gasteiger partial charge in [-0.05, 0) is 31.5 Å². The Kier molecular flexibility index (Phi) is 3.87. The van der Waals surface area contributed by atoms with E-state index in [4.69, 9.17) is 15.2 Å². The van der Waals surface area contributed by atoms with Crippen LogP contribution in [0.25, 0.3) is 0 Å². The maximum Gasteiger partial charge on any atom is 0.310 e. The van der Waals surface area contributed by atoms with Crippen LogP contribution < -0.4 is 11.1 Å². The number of halogens is 3. The fraction of sp³-hybridized carbons (Fsp3) is 0.533. The third-order valence-corrected chi connectivity index (χ3v) is 4.22. The minimum Gasteiger partial charge on any atom is -0.448 e. The van der Waals surface area contributed by atoms with E-state index in [0.29, 0.717) is 18.9 Å². The average Bonchev–Trinajstić information content (AvgIpc) is 2.99. The second kappa shape index (κ2) is 5.59. The van der Waals surface area contributed by atoms with Crippen molar-refractivity contribution in [2.45, 2.75) is 30.9 Å². The van der Waals surface area contributed by atoms with Crippen LogP contribution in [0.4, 0.5) is 18.9 Å². The highest BCUT2D eigenvalue weighted by Gasteiger charge is 2.57. The molecule has 23 heavy (non-hydrogen) atoms. The van der Waals surface area contributed by atoms with E-state index in [1.54, 1.807) is 0 Å². The number of amidine groups is 1. The summed E-state index contributed by atoms with van der Waals surface area (Å²) in [4.78, 5) is 3.41. The number of rotatable bonds is 3. The number of alkyl halides is 2. The lowest BCUT2D eigenvalue weighted by atomic mass is 9.87. The van der Waals surface area contributed by atoms with Crippen molar-refractivity contribution in [1.29, 1.82) is 0 Å². The molecule has 126 valence electrons. The molecule has 2 aliphatic rings. The van der Waals surface area contributed by atoms with Crippen LogP contribution in [0.5, 0.6) is 0 Å². The zero-order valence-electron chi connectivity index (χ0n) is 12.6. The molecule has 1 aromatic rings. The summed E-state index contributed by atoms with van der Waals surface area (Å²) in [6.45, 7) is 1.44. The molecule has 8 heteroatoms. The van der Waals surface area contributed by atoms with E-state index in [-0.39, 0.29) is 17.6 Å². The first-order valence-corrected chi connectivity index (χ1v) is 7.33. The molecule has 1 fully saturated rings. The van der Waals surface area contributed by atoms with E-state index in [1.165, 1.54) is 12.1 Å². The Hall–Kier alpha value is -1.96. The van der Waals surface area contributed by atoms with E-state index in [9.17, 15) is 13.2 Å². The van der Waals surface area contributed by atoms with Crippen LogP contribution in [-0.4, -0.2) is 37.7 Å². The largest absolute Gasteiger partial charge is 0.448 e. The summed E-state index contributed by atoms with van der Waals surface area (Å²) in [6, 6.07) is 3.67. The Morgan fingerprint density at radius 2 is 2.17 bits per heavy atom. The minimum atomic E-state index is -3.38. The molecule has 0 amide bonds. The van der Waals surface area contributed by atoms with Crippen molar-refractivity contribution in [1.82, 2.24) is 0 Å². The summed E-state index contributed by atoms with van der Waals surface area (Å²) in [7, 11) is 0. The summed E-state index contributed by atoms with van der Waals surface area (Å²) in [5.74, 6) is -4.17. The van der Waals surface area contributed by atoms with Gasteiger partial charge in [-0.3, -0.25) is 0 Å². The van der Waals surface area contributed by atoms with Gasteiger partial charge in [-0.15, -0.1) is 0 Å². The van der Waals surface area contributed by atoms with E-state index < -0.39 is 23.9 Å². The standard InChI is InChI=1S/C15H18F3N3O2/c1-14(15(17,18)8-20-13(19)23-14)11-6-9(2-3-12(11)16)21-10-4-5-22-7-10/h2-3,6,10,21H,4-5,7-8H2,1H3,(H2,19,20)/t10?,14-/m1/s1. The van der Waals surface area contributed by atoms with Gasteiger partial charge in [0.15, 0.2) is 0 Å². The van der Waals surface area contributed by atoms with Gasteiger partial charge >= 0.3 is 5.92 Å². The minimum absolute atomic E-state index is 0.0699. The summed E-state index contributed by atoms with van der Waals surface area (Å²) in [5, 5.41) is 3.15. The lowest BCUT2D eigenvalue weighted by Crippen LogP contribution is -2.53. The van der Waals surface area contributed by atoms with Gasteiger partial charge in [-0.2, -0.15) is 8.78 Å². The van der Waals surface area contributed by atoms with Crippen molar-refractivity contribution in [3.8, 4) is 0 Å². The van der Waals surface area contributed by atoms with E-state index in [2.05, 4.69) is 10.3 Å². The van der Waals surface area contributed by atoms with Crippen molar-refractivity contribution < 1.29 is 22.6 Å². The molecular weight excluding hydrogens is 311 g/mol. The van der Waals surface area contributed by atoms with Crippen molar-refractivity contribution in [2.24, 2.45) is 10.7 Å². The van der Waals surface area contributed by atoms with Gasteiger partial charge in [0.1, 0.15) is 12.4 Å². The van der Waals surface area contributed by atoms with Gasteiger partial charge in [0.05, 0.1) is 12.6 Å². The zero-order valence-corrected chi connectivity index (χ0v) is 12.6. The second-order valence-electron chi connectivity index (χ2n) is 5.89. The third-order valence-electron chi connectivity index (χ3n) is 4.22. The lowest BCUT2D eigenvalue weighted by Gasteiger charge is -2.39. The number of benzene rings is 1. The van der Waals surface area contributed by atoms with Crippen molar-refractivity contribution in [2.75, 3.05) is 25.1 Å². The number of nitrogens with two attached hydrogens (primary N) is 1. The van der Waals surface area contributed by atoms with E-state index in [1.807, 2.05) is 0 Å². The molecule has 0 saturated carbocycles. The highest BCUT2D eigenvalue weighted by molar-refractivity contribution is 5.73. The third kappa shape index (κ3) is 2.83. The number of ether oxygens (including phenoxy) is 2. The average molecular weight is 329 g/mol. The SMILES string of the molecule is C[C@]1(c2cc(NC3CCOC3)ccc2F)OC(N)=NCC1(F)F. The molecule has 0 aliphatic carbocycles. The van der Waals surface area contributed by atoms with E-state index in [0.717, 1.165) is 19.4 Å². The van der Waals surface area contributed by atoms with Gasteiger partial charge in [-0.25, -0.2) is 9.38 Å². The highest BCUT2D eigenvalue weighted by atomic mass is 19.3. The van der Waals surface area contributed by atoms with Crippen LogP contribution in [0, 0.1) is 5.82 Å². The maximum absolute atomic E-state index is 14.3. The second-order valence-corrected chi connectivity index (χ2v) is 5.89. The molecule has 0 bridgehead atoms. The molecule has 3 N–H and O–H groups in total. The molecule has 0 radical (unpaired) electrons. The Labute approximate surface area is 131 Å².